The highest BCUT2D eigenvalue weighted by Crippen LogP contribution is 2.53. The summed E-state index contributed by atoms with van der Waals surface area (Å²) in [6.07, 6.45) is 2.70. The van der Waals surface area contributed by atoms with E-state index in [1.165, 1.54) is 5.06 Å². The van der Waals surface area contributed by atoms with Gasteiger partial charge < -0.3 is 14.7 Å². The maximum absolute atomic E-state index is 10.2. The first kappa shape index (κ1) is 17.1. The van der Waals surface area contributed by atoms with Gasteiger partial charge in [0.15, 0.2) is 0 Å². The molecule has 1 aromatic heterocycles. The second-order valence-corrected chi connectivity index (χ2v) is 7.25. The lowest BCUT2D eigenvalue weighted by atomic mass is 10.0. The molecule has 4 atom stereocenters. The van der Waals surface area contributed by atoms with Crippen LogP contribution in [0.3, 0.4) is 0 Å². The van der Waals surface area contributed by atoms with Crippen LogP contribution in [0.1, 0.15) is 35.2 Å². The molecule has 2 aromatic rings. The van der Waals surface area contributed by atoms with Gasteiger partial charge in [0.2, 0.25) is 5.88 Å². The fraction of sp³-hybridized carbons (Fsp3) is 0.389. The molecule has 2 aliphatic rings. The number of hydrogen-bond acceptors (Lipinski definition) is 5. The van der Waals surface area contributed by atoms with E-state index < -0.39 is 0 Å². The molecule has 0 radical (unpaired) electrons. The Hall–Kier alpha value is -1.37. The Balaban J connectivity index is 1.52. The first-order valence-electron chi connectivity index (χ1n) is 8.17. The molecule has 0 amide bonds. The Morgan fingerprint density at radius 3 is 2.68 bits per heavy atom. The first-order chi connectivity index (χ1) is 12.0. The molecule has 0 aliphatic carbocycles. The van der Waals surface area contributed by atoms with Gasteiger partial charge in [-0.05, 0) is 36.2 Å². The van der Waals surface area contributed by atoms with Gasteiger partial charge in [0.1, 0.15) is 6.10 Å². The van der Waals surface area contributed by atoms with Crippen molar-refractivity contribution in [2.24, 2.45) is 0 Å². The Morgan fingerprint density at radius 1 is 1.20 bits per heavy atom. The fourth-order valence-electron chi connectivity index (χ4n) is 3.22. The van der Waals surface area contributed by atoms with Crippen molar-refractivity contribution in [3.8, 4) is 5.88 Å². The van der Waals surface area contributed by atoms with Gasteiger partial charge in [-0.3, -0.25) is 0 Å². The molecule has 1 aromatic carbocycles. The minimum atomic E-state index is -0.147. The van der Waals surface area contributed by atoms with E-state index in [4.69, 9.17) is 32.7 Å². The maximum Gasteiger partial charge on any atom is 0.216 e. The van der Waals surface area contributed by atoms with Gasteiger partial charge in [0, 0.05) is 18.2 Å². The third-order valence-electron chi connectivity index (χ3n) is 4.62. The zero-order chi connectivity index (χ0) is 17.6. The average Bonchev–Trinajstić information content (AvgIpc) is 3.01. The lowest BCUT2D eigenvalue weighted by Gasteiger charge is -2.13. The van der Waals surface area contributed by atoms with Gasteiger partial charge in [-0.25, -0.2) is 4.98 Å². The summed E-state index contributed by atoms with van der Waals surface area (Å²) < 4.78 is 11.2. The number of halogens is 2. The van der Waals surface area contributed by atoms with Crippen molar-refractivity contribution in [3.63, 3.8) is 0 Å². The quantitative estimate of drug-likeness (QED) is 0.798. The molecular formula is C18H18Cl2N2O3. The monoisotopic (exact) mass is 380 g/mol. The standard InChI is InChI=1S/C18H18Cl2N2O3/c1-10-6-12(8-21-18(10)25-13-4-5-24-9-13)17-16(22(17)23)11-2-3-14(19)15(20)7-11/h2-3,6-8,13,16-17,23H,4-5,9H2,1H3/t13?,16-,17+,22?/m0/s1. The molecule has 2 unspecified atom stereocenters. The number of aromatic nitrogens is 1. The van der Waals surface area contributed by atoms with Crippen LogP contribution in [0.15, 0.2) is 30.5 Å². The molecule has 2 aliphatic heterocycles. The third kappa shape index (κ3) is 3.35. The van der Waals surface area contributed by atoms with Gasteiger partial charge in [-0.1, -0.05) is 29.3 Å². The Labute approximate surface area is 156 Å². The topological polar surface area (TPSA) is 54.6 Å². The number of ether oxygens (including phenoxy) is 2. The highest BCUT2D eigenvalue weighted by atomic mass is 35.5. The van der Waals surface area contributed by atoms with E-state index in [0.29, 0.717) is 22.5 Å². The summed E-state index contributed by atoms with van der Waals surface area (Å²) in [6, 6.07) is 7.12. The smallest absolute Gasteiger partial charge is 0.216 e. The van der Waals surface area contributed by atoms with Gasteiger partial charge in [0.25, 0.3) is 0 Å². The van der Waals surface area contributed by atoms with Crippen molar-refractivity contribution in [2.45, 2.75) is 31.5 Å². The molecule has 2 saturated heterocycles. The average molecular weight is 381 g/mol. The third-order valence-corrected chi connectivity index (χ3v) is 5.36. The normalized spacial score (nSPS) is 28.2. The zero-order valence-corrected chi connectivity index (χ0v) is 15.2. The molecular weight excluding hydrogens is 363 g/mol. The molecule has 132 valence electrons. The van der Waals surface area contributed by atoms with E-state index >= 15 is 0 Å². The number of aryl methyl sites for hydroxylation is 1. The van der Waals surface area contributed by atoms with Crippen molar-refractivity contribution in [1.82, 2.24) is 10.0 Å². The Kier molecular flexibility index (Phi) is 4.60. The van der Waals surface area contributed by atoms with E-state index in [0.717, 1.165) is 29.7 Å². The van der Waals surface area contributed by atoms with E-state index in [2.05, 4.69) is 4.98 Å². The predicted octanol–water partition coefficient (Wildman–Crippen LogP) is 4.35. The van der Waals surface area contributed by atoms with Crippen LogP contribution in [-0.2, 0) is 4.74 Å². The SMILES string of the molecule is Cc1cc([C@@H]2[C@H](c3ccc(Cl)c(Cl)c3)N2O)cnc1OC1CCOC1. The molecule has 4 rings (SSSR count). The van der Waals surface area contributed by atoms with Crippen LogP contribution in [0.25, 0.3) is 0 Å². The molecule has 2 fully saturated rings. The van der Waals surface area contributed by atoms with Crippen LogP contribution in [-0.4, -0.2) is 34.6 Å². The van der Waals surface area contributed by atoms with Crippen molar-refractivity contribution in [2.75, 3.05) is 13.2 Å². The number of hydroxylamine groups is 2. The van der Waals surface area contributed by atoms with Crippen LogP contribution < -0.4 is 4.74 Å². The fourth-order valence-corrected chi connectivity index (χ4v) is 3.53. The van der Waals surface area contributed by atoms with Crippen molar-refractivity contribution in [3.05, 3.63) is 57.2 Å². The summed E-state index contributed by atoms with van der Waals surface area (Å²) in [6.45, 7) is 3.30. The largest absolute Gasteiger partial charge is 0.472 e. The Morgan fingerprint density at radius 2 is 2.00 bits per heavy atom. The van der Waals surface area contributed by atoms with Crippen LogP contribution in [0.2, 0.25) is 10.0 Å². The highest BCUT2D eigenvalue weighted by molar-refractivity contribution is 6.42. The number of pyridine rings is 1. The minimum absolute atomic E-state index is 0.0660. The van der Waals surface area contributed by atoms with Crippen LogP contribution >= 0.6 is 23.2 Å². The maximum atomic E-state index is 10.2. The van der Waals surface area contributed by atoms with Crippen LogP contribution in [0.4, 0.5) is 0 Å². The molecule has 5 nitrogen and oxygen atoms in total. The number of nitrogens with zero attached hydrogens (tertiary/aromatic N) is 2. The highest BCUT2D eigenvalue weighted by Gasteiger charge is 2.49. The summed E-state index contributed by atoms with van der Waals surface area (Å²) >= 11 is 12.0. The van der Waals surface area contributed by atoms with Crippen molar-refractivity contribution < 1.29 is 14.7 Å². The molecule has 7 heteroatoms. The molecule has 0 saturated carbocycles. The van der Waals surface area contributed by atoms with Gasteiger partial charge >= 0.3 is 0 Å². The summed E-state index contributed by atoms with van der Waals surface area (Å²) in [4.78, 5) is 4.43. The van der Waals surface area contributed by atoms with Crippen LogP contribution in [0.5, 0.6) is 5.88 Å². The van der Waals surface area contributed by atoms with Gasteiger partial charge in [-0.2, -0.15) is 5.06 Å². The number of rotatable bonds is 4. The van der Waals surface area contributed by atoms with E-state index in [-0.39, 0.29) is 18.2 Å². The number of benzene rings is 1. The second kappa shape index (κ2) is 6.74. The van der Waals surface area contributed by atoms with E-state index in [9.17, 15) is 5.21 Å². The van der Waals surface area contributed by atoms with Crippen molar-refractivity contribution in [1.29, 1.82) is 0 Å². The minimum Gasteiger partial charge on any atom is -0.472 e. The summed E-state index contributed by atoms with van der Waals surface area (Å²) in [5.41, 5.74) is 2.80. The lowest BCUT2D eigenvalue weighted by molar-refractivity contribution is 0.00461. The van der Waals surface area contributed by atoms with Crippen molar-refractivity contribution >= 4 is 23.2 Å². The molecule has 25 heavy (non-hydrogen) atoms. The zero-order valence-electron chi connectivity index (χ0n) is 13.7. The molecule has 0 spiro atoms. The predicted molar refractivity (Wildman–Crippen MR) is 94.4 cm³/mol. The molecule has 1 N–H and O–H groups in total. The molecule has 3 heterocycles. The van der Waals surface area contributed by atoms with Crippen LogP contribution in [0, 0.1) is 6.92 Å². The summed E-state index contributed by atoms with van der Waals surface area (Å²) in [7, 11) is 0. The van der Waals surface area contributed by atoms with E-state index in [1.54, 1.807) is 18.3 Å². The first-order valence-corrected chi connectivity index (χ1v) is 8.93. The lowest BCUT2D eigenvalue weighted by Crippen LogP contribution is -2.17. The molecule has 0 bridgehead atoms. The number of hydrogen-bond donors (Lipinski definition) is 1. The van der Waals surface area contributed by atoms with Gasteiger partial charge in [0.05, 0.1) is 35.3 Å². The second-order valence-electron chi connectivity index (χ2n) is 6.44. The Bertz CT molecular complexity index is 796. The summed E-state index contributed by atoms with van der Waals surface area (Å²) in [5.74, 6) is 0.621. The van der Waals surface area contributed by atoms with E-state index in [1.807, 2.05) is 19.1 Å². The summed E-state index contributed by atoms with van der Waals surface area (Å²) in [5, 5.41) is 12.5. The van der Waals surface area contributed by atoms with Gasteiger partial charge in [-0.15, -0.1) is 0 Å².